The smallest absolute Gasteiger partial charge is 0.307 e. The van der Waals surface area contributed by atoms with Gasteiger partial charge in [-0.15, -0.1) is 0 Å². The van der Waals surface area contributed by atoms with Crippen LogP contribution in [-0.2, 0) is 9.59 Å². The van der Waals surface area contributed by atoms with Crippen molar-refractivity contribution in [3.8, 4) is 5.75 Å². The number of carbonyl (C=O) groups is 2. The molecule has 1 unspecified atom stereocenters. The molecule has 0 aromatic heterocycles. The number of carboxylic acid groups (broad SMARTS) is 1. The Kier molecular flexibility index (Phi) is 4.92. The molecule has 1 saturated carbocycles. The van der Waals surface area contributed by atoms with Gasteiger partial charge in [-0.25, -0.2) is 8.78 Å². The topological polar surface area (TPSA) is 66.8 Å². The van der Waals surface area contributed by atoms with Crippen molar-refractivity contribution < 1.29 is 28.2 Å². The summed E-state index contributed by atoms with van der Waals surface area (Å²) in [5.74, 6) is -2.42. The molecule has 1 aromatic carbocycles. The predicted molar refractivity (Wildman–Crippen MR) is 85.1 cm³/mol. The van der Waals surface area contributed by atoms with Crippen molar-refractivity contribution in [1.82, 2.24) is 4.90 Å². The van der Waals surface area contributed by atoms with Crippen LogP contribution in [0.15, 0.2) is 18.2 Å². The maximum atomic E-state index is 13.4. The number of hydrogen-bond donors (Lipinski definition) is 1. The predicted octanol–water partition coefficient (Wildman–Crippen LogP) is 2.84. The molecule has 1 aliphatic carbocycles. The Balaban J connectivity index is 1.37. The standard InChI is InChI=1S/C18H21F2NO4/c19-12-3-4-15(14(20)10-12)25-9-1-2-16(22)21-7-5-18(6-8-21)11-13(18)17(23)24/h3-4,10,13H,1-2,5-9,11H2,(H,23,24). The van der Waals surface area contributed by atoms with Gasteiger partial charge in [-0.05, 0) is 43.2 Å². The summed E-state index contributed by atoms with van der Waals surface area (Å²) in [4.78, 5) is 25.0. The lowest BCUT2D eigenvalue weighted by Gasteiger charge is -2.32. The Morgan fingerprint density at radius 1 is 1.28 bits per heavy atom. The second kappa shape index (κ2) is 6.98. The fourth-order valence-corrected chi connectivity index (χ4v) is 3.61. The molecular formula is C18H21F2NO4. The van der Waals surface area contributed by atoms with Crippen LogP contribution >= 0.6 is 0 Å². The van der Waals surface area contributed by atoms with E-state index >= 15 is 0 Å². The third-order valence-corrected chi connectivity index (χ3v) is 5.29. The number of rotatable bonds is 6. The number of benzene rings is 1. The number of likely N-dealkylation sites (tertiary alicyclic amines) is 1. The second-order valence-corrected chi connectivity index (χ2v) is 6.86. The van der Waals surface area contributed by atoms with Gasteiger partial charge in [-0.1, -0.05) is 0 Å². The van der Waals surface area contributed by atoms with Crippen LogP contribution in [0.2, 0.25) is 0 Å². The molecule has 25 heavy (non-hydrogen) atoms. The third kappa shape index (κ3) is 3.91. The van der Waals surface area contributed by atoms with Gasteiger partial charge in [0, 0.05) is 25.6 Å². The molecule has 2 aliphatic rings. The summed E-state index contributed by atoms with van der Waals surface area (Å²) in [7, 11) is 0. The number of amides is 1. The van der Waals surface area contributed by atoms with Crippen LogP contribution in [0.3, 0.4) is 0 Å². The molecule has 2 fully saturated rings. The lowest BCUT2D eigenvalue weighted by atomic mass is 9.90. The van der Waals surface area contributed by atoms with Crippen molar-refractivity contribution in [2.75, 3.05) is 19.7 Å². The van der Waals surface area contributed by atoms with Crippen molar-refractivity contribution in [1.29, 1.82) is 0 Å². The summed E-state index contributed by atoms with van der Waals surface area (Å²) in [5.41, 5.74) is -0.0914. The Hall–Kier alpha value is -2.18. The van der Waals surface area contributed by atoms with Crippen LogP contribution in [0.1, 0.15) is 32.1 Å². The highest BCUT2D eigenvalue weighted by Crippen LogP contribution is 2.59. The molecule has 1 amide bonds. The van der Waals surface area contributed by atoms with Gasteiger partial charge >= 0.3 is 5.97 Å². The van der Waals surface area contributed by atoms with Crippen LogP contribution in [-0.4, -0.2) is 41.6 Å². The number of halogens is 2. The van der Waals surface area contributed by atoms with Gasteiger partial charge in [-0.3, -0.25) is 9.59 Å². The summed E-state index contributed by atoms with van der Waals surface area (Å²) < 4.78 is 31.4. The monoisotopic (exact) mass is 353 g/mol. The lowest BCUT2D eigenvalue weighted by Crippen LogP contribution is -2.40. The second-order valence-electron chi connectivity index (χ2n) is 6.86. The maximum Gasteiger partial charge on any atom is 0.307 e. The van der Waals surface area contributed by atoms with Crippen molar-refractivity contribution in [3.63, 3.8) is 0 Å². The Morgan fingerprint density at radius 3 is 2.60 bits per heavy atom. The summed E-state index contributed by atoms with van der Waals surface area (Å²) in [6.07, 6.45) is 2.94. The van der Waals surface area contributed by atoms with Gasteiger partial charge in [-0.2, -0.15) is 0 Å². The van der Waals surface area contributed by atoms with Gasteiger partial charge in [0.05, 0.1) is 12.5 Å². The zero-order valence-corrected chi connectivity index (χ0v) is 13.8. The Morgan fingerprint density at radius 2 is 2.00 bits per heavy atom. The van der Waals surface area contributed by atoms with Gasteiger partial charge in [0.25, 0.3) is 0 Å². The van der Waals surface area contributed by atoms with E-state index in [2.05, 4.69) is 0 Å². The summed E-state index contributed by atoms with van der Waals surface area (Å²) in [6.45, 7) is 1.36. The average molecular weight is 353 g/mol. The van der Waals surface area contributed by atoms with Gasteiger partial charge in [0.15, 0.2) is 11.6 Å². The van der Waals surface area contributed by atoms with E-state index in [1.807, 2.05) is 0 Å². The molecular weight excluding hydrogens is 332 g/mol. The summed E-state index contributed by atoms with van der Waals surface area (Å²) in [5, 5.41) is 9.08. The van der Waals surface area contributed by atoms with E-state index in [0.29, 0.717) is 19.5 Å². The first-order valence-corrected chi connectivity index (χ1v) is 8.50. The molecule has 1 aromatic rings. The first-order valence-electron chi connectivity index (χ1n) is 8.50. The molecule has 1 aliphatic heterocycles. The van der Waals surface area contributed by atoms with Crippen molar-refractivity contribution in [2.45, 2.75) is 32.1 Å². The SMILES string of the molecule is O=C(O)C1CC12CCN(C(=O)CCCOc1ccc(F)cc1F)CC2. The minimum atomic E-state index is -0.759. The number of piperidine rings is 1. The maximum absolute atomic E-state index is 13.4. The first-order chi connectivity index (χ1) is 11.9. The van der Waals surface area contributed by atoms with Crippen LogP contribution in [0.25, 0.3) is 0 Å². The highest BCUT2D eigenvalue weighted by molar-refractivity contribution is 5.77. The number of carboxylic acids is 1. The minimum absolute atomic E-state index is 0.00514. The van der Waals surface area contributed by atoms with Crippen LogP contribution in [0.5, 0.6) is 5.75 Å². The van der Waals surface area contributed by atoms with Crippen LogP contribution < -0.4 is 4.74 Å². The molecule has 7 heteroatoms. The number of ether oxygens (including phenoxy) is 1. The Bertz CT molecular complexity index is 671. The largest absolute Gasteiger partial charge is 0.491 e. The molecule has 3 rings (SSSR count). The van der Waals surface area contributed by atoms with Crippen LogP contribution in [0, 0.1) is 23.0 Å². The number of hydrogen-bond acceptors (Lipinski definition) is 3. The quantitative estimate of drug-likeness (QED) is 0.799. The van der Waals surface area contributed by atoms with Gasteiger partial charge < -0.3 is 14.7 Å². The molecule has 136 valence electrons. The van der Waals surface area contributed by atoms with E-state index in [-0.39, 0.29) is 36.0 Å². The number of carbonyl (C=O) groups excluding carboxylic acids is 1. The van der Waals surface area contributed by atoms with E-state index in [1.54, 1.807) is 4.90 Å². The summed E-state index contributed by atoms with van der Waals surface area (Å²) in [6, 6.07) is 3.10. The first kappa shape index (κ1) is 17.6. The van der Waals surface area contributed by atoms with Gasteiger partial charge in [0.1, 0.15) is 5.82 Å². The molecule has 1 atom stereocenters. The zero-order chi connectivity index (χ0) is 18.0. The highest BCUT2D eigenvalue weighted by Gasteiger charge is 2.59. The fraction of sp³-hybridized carbons (Fsp3) is 0.556. The fourth-order valence-electron chi connectivity index (χ4n) is 3.61. The molecule has 5 nitrogen and oxygen atoms in total. The van der Waals surface area contributed by atoms with E-state index in [0.717, 1.165) is 31.4 Å². The number of nitrogens with zero attached hydrogens (tertiary/aromatic N) is 1. The Labute approximate surface area is 144 Å². The van der Waals surface area contributed by atoms with Crippen molar-refractivity contribution >= 4 is 11.9 Å². The molecule has 1 spiro atoms. The molecule has 1 saturated heterocycles. The molecule has 1 heterocycles. The van der Waals surface area contributed by atoms with E-state index in [9.17, 15) is 18.4 Å². The third-order valence-electron chi connectivity index (χ3n) is 5.29. The lowest BCUT2D eigenvalue weighted by molar-refractivity contribution is -0.139. The van der Waals surface area contributed by atoms with E-state index in [1.165, 1.54) is 6.07 Å². The minimum Gasteiger partial charge on any atom is -0.491 e. The van der Waals surface area contributed by atoms with E-state index < -0.39 is 17.6 Å². The normalized spacial score (nSPS) is 21.2. The zero-order valence-electron chi connectivity index (χ0n) is 13.8. The molecule has 0 radical (unpaired) electrons. The molecule has 0 bridgehead atoms. The van der Waals surface area contributed by atoms with Crippen molar-refractivity contribution in [2.24, 2.45) is 11.3 Å². The van der Waals surface area contributed by atoms with Crippen LogP contribution in [0.4, 0.5) is 8.78 Å². The van der Waals surface area contributed by atoms with Gasteiger partial charge in [0.2, 0.25) is 5.91 Å². The highest BCUT2D eigenvalue weighted by atomic mass is 19.1. The summed E-state index contributed by atoms with van der Waals surface area (Å²) >= 11 is 0. The average Bonchev–Trinajstić information content (AvgIpc) is 3.27. The number of aliphatic carboxylic acids is 1. The van der Waals surface area contributed by atoms with E-state index in [4.69, 9.17) is 9.84 Å². The molecule has 1 N–H and O–H groups in total. The van der Waals surface area contributed by atoms with Crippen molar-refractivity contribution in [3.05, 3.63) is 29.8 Å².